The van der Waals surface area contributed by atoms with Crippen LogP contribution in [0, 0.1) is 0 Å². The van der Waals surface area contributed by atoms with Crippen molar-refractivity contribution in [2.45, 2.75) is 58.7 Å². The van der Waals surface area contributed by atoms with Crippen LogP contribution in [0.3, 0.4) is 0 Å². The first kappa shape index (κ1) is 14.6. The zero-order valence-corrected chi connectivity index (χ0v) is 10.0. The molecule has 0 aromatic carbocycles. The van der Waals surface area contributed by atoms with E-state index in [2.05, 4.69) is 13.8 Å². The van der Waals surface area contributed by atoms with Crippen molar-refractivity contribution in [2.75, 3.05) is 13.2 Å². The van der Waals surface area contributed by atoms with E-state index in [4.69, 9.17) is 9.47 Å². The number of unbranched alkanes of at least 4 members (excludes halogenated alkanes) is 2. The van der Waals surface area contributed by atoms with E-state index in [-0.39, 0.29) is 6.29 Å². The van der Waals surface area contributed by atoms with Gasteiger partial charge in [0.25, 0.3) is 0 Å². The Morgan fingerprint density at radius 1 is 1.07 bits per heavy atom. The molecule has 0 aliphatic carbocycles. The van der Waals surface area contributed by atoms with Crippen molar-refractivity contribution in [3.05, 3.63) is 0 Å². The van der Waals surface area contributed by atoms with Gasteiger partial charge in [-0.3, -0.25) is 0 Å². The van der Waals surface area contributed by atoms with E-state index in [9.17, 15) is 4.79 Å². The molecule has 0 bridgehead atoms. The Kier molecular flexibility index (Phi) is 11.3. The molecule has 90 valence electrons. The highest BCUT2D eigenvalue weighted by Crippen LogP contribution is 2.08. The predicted octanol–water partition coefficient (Wildman–Crippen LogP) is 2.93. The standard InChI is InChI=1S/C12H24O3/c1-3-10-14-12(15-11-4-2)8-6-5-7-9-13/h9,12H,3-8,10-11H2,1-2H3. The van der Waals surface area contributed by atoms with Gasteiger partial charge in [-0.2, -0.15) is 0 Å². The Labute approximate surface area is 93.1 Å². The molecular formula is C12H24O3. The number of aldehydes is 1. The van der Waals surface area contributed by atoms with Crippen molar-refractivity contribution < 1.29 is 14.3 Å². The van der Waals surface area contributed by atoms with Crippen molar-refractivity contribution in [2.24, 2.45) is 0 Å². The quantitative estimate of drug-likeness (QED) is 0.302. The molecule has 0 saturated heterocycles. The largest absolute Gasteiger partial charge is 0.353 e. The van der Waals surface area contributed by atoms with Crippen molar-refractivity contribution in [3.63, 3.8) is 0 Å². The summed E-state index contributed by atoms with van der Waals surface area (Å²) in [7, 11) is 0. The lowest BCUT2D eigenvalue weighted by molar-refractivity contribution is -0.146. The highest BCUT2D eigenvalue weighted by molar-refractivity contribution is 5.48. The molecule has 0 fully saturated rings. The van der Waals surface area contributed by atoms with Gasteiger partial charge in [-0.05, 0) is 32.1 Å². The molecule has 0 aromatic heterocycles. The van der Waals surface area contributed by atoms with E-state index in [1.165, 1.54) is 0 Å². The van der Waals surface area contributed by atoms with Crippen molar-refractivity contribution in [1.82, 2.24) is 0 Å². The summed E-state index contributed by atoms with van der Waals surface area (Å²) in [6.45, 7) is 5.68. The third kappa shape index (κ3) is 9.88. The Hall–Kier alpha value is -0.410. The third-order valence-electron chi connectivity index (χ3n) is 2.03. The van der Waals surface area contributed by atoms with Gasteiger partial charge in [0.15, 0.2) is 6.29 Å². The van der Waals surface area contributed by atoms with E-state index in [0.717, 1.165) is 51.6 Å². The van der Waals surface area contributed by atoms with Crippen molar-refractivity contribution in [1.29, 1.82) is 0 Å². The normalized spacial score (nSPS) is 10.9. The molecule has 0 spiro atoms. The minimum Gasteiger partial charge on any atom is -0.353 e. The number of ether oxygens (including phenoxy) is 2. The van der Waals surface area contributed by atoms with Gasteiger partial charge < -0.3 is 14.3 Å². The lowest BCUT2D eigenvalue weighted by Gasteiger charge is -2.17. The van der Waals surface area contributed by atoms with Crippen LogP contribution in [0.5, 0.6) is 0 Å². The molecule has 0 rings (SSSR count). The van der Waals surface area contributed by atoms with E-state index < -0.39 is 0 Å². The van der Waals surface area contributed by atoms with Gasteiger partial charge >= 0.3 is 0 Å². The average molecular weight is 216 g/mol. The number of carbonyl (C=O) groups excluding carboxylic acids is 1. The van der Waals surface area contributed by atoms with Crippen LogP contribution in [-0.2, 0) is 14.3 Å². The molecular weight excluding hydrogens is 192 g/mol. The third-order valence-corrected chi connectivity index (χ3v) is 2.03. The van der Waals surface area contributed by atoms with Gasteiger partial charge in [-0.25, -0.2) is 0 Å². The van der Waals surface area contributed by atoms with Gasteiger partial charge in [-0.1, -0.05) is 13.8 Å². The van der Waals surface area contributed by atoms with Crippen LogP contribution in [0.4, 0.5) is 0 Å². The van der Waals surface area contributed by atoms with Crippen LogP contribution in [0.15, 0.2) is 0 Å². The first-order valence-corrected chi connectivity index (χ1v) is 6.02. The highest BCUT2D eigenvalue weighted by Gasteiger charge is 2.07. The zero-order chi connectivity index (χ0) is 11.4. The first-order chi connectivity index (χ1) is 7.35. The van der Waals surface area contributed by atoms with E-state index in [1.54, 1.807) is 0 Å². The molecule has 0 saturated carbocycles. The number of rotatable bonds is 11. The molecule has 0 aromatic rings. The lowest BCUT2D eigenvalue weighted by Crippen LogP contribution is -2.18. The maximum atomic E-state index is 10.1. The molecule has 0 aliphatic heterocycles. The summed E-state index contributed by atoms with van der Waals surface area (Å²) >= 11 is 0. The second-order valence-electron chi connectivity index (χ2n) is 3.62. The molecule has 0 aliphatic rings. The second kappa shape index (κ2) is 11.7. The molecule has 15 heavy (non-hydrogen) atoms. The van der Waals surface area contributed by atoms with Crippen LogP contribution in [-0.4, -0.2) is 25.8 Å². The van der Waals surface area contributed by atoms with E-state index in [0.29, 0.717) is 6.42 Å². The Bertz CT molecular complexity index is 129. The van der Waals surface area contributed by atoms with Gasteiger partial charge in [0, 0.05) is 19.6 Å². The lowest BCUT2D eigenvalue weighted by atomic mass is 10.2. The number of carbonyl (C=O) groups is 1. The fraction of sp³-hybridized carbons (Fsp3) is 0.917. The summed E-state index contributed by atoms with van der Waals surface area (Å²) in [6.07, 6.45) is 6.40. The summed E-state index contributed by atoms with van der Waals surface area (Å²) in [4.78, 5) is 10.1. The van der Waals surface area contributed by atoms with Crippen LogP contribution >= 0.6 is 0 Å². The maximum absolute atomic E-state index is 10.1. The summed E-state index contributed by atoms with van der Waals surface area (Å²) in [5.41, 5.74) is 0. The van der Waals surface area contributed by atoms with Gasteiger partial charge in [0.2, 0.25) is 0 Å². The molecule has 0 N–H and O–H groups in total. The maximum Gasteiger partial charge on any atom is 0.157 e. The number of hydrogen-bond acceptors (Lipinski definition) is 3. The van der Waals surface area contributed by atoms with Crippen molar-refractivity contribution in [3.8, 4) is 0 Å². The molecule has 0 amide bonds. The minimum atomic E-state index is -0.0726. The van der Waals surface area contributed by atoms with Crippen LogP contribution in [0.1, 0.15) is 52.4 Å². The first-order valence-electron chi connectivity index (χ1n) is 6.02. The molecule has 0 atom stereocenters. The molecule has 0 unspecified atom stereocenters. The van der Waals surface area contributed by atoms with Crippen LogP contribution < -0.4 is 0 Å². The fourth-order valence-corrected chi connectivity index (χ4v) is 1.25. The summed E-state index contributed by atoms with van der Waals surface area (Å²) < 4.78 is 11.1. The average Bonchev–Trinajstić information content (AvgIpc) is 2.27. The Morgan fingerprint density at radius 2 is 1.67 bits per heavy atom. The smallest absolute Gasteiger partial charge is 0.157 e. The predicted molar refractivity (Wildman–Crippen MR) is 60.8 cm³/mol. The Balaban J connectivity index is 3.53. The van der Waals surface area contributed by atoms with Gasteiger partial charge in [0.05, 0.1) is 0 Å². The second-order valence-corrected chi connectivity index (χ2v) is 3.62. The van der Waals surface area contributed by atoms with E-state index in [1.807, 2.05) is 0 Å². The zero-order valence-electron chi connectivity index (χ0n) is 10.0. The molecule has 0 heterocycles. The summed E-state index contributed by atoms with van der Waals surface area (Å²) in [5, 5.41) is 0. The van der Waals surface area contributed by atoms with E-state index >= 15 is 0 Å². The van der Waals surface area contributed by atoms with Gasteiger partial charge in [0.1, 0.15) is 6.29 Å². The van der Waals surface area contributed by atoms with Crippen LogP contribution in [0.25, 0.3) is 0 Å². The molecule has 0 radical (unpaired) electrons. The fourth-order valence-electron chi connectivity index (χ4n) is 1.25. The molecule has 3 heteroatoms. The topological polar surface area (TPSA) is 35.5 Å². The minimum absolute atomic E-state index is 0.0726. The number of hydrogen-bond donors (Lipinski definition) is 0. The summed E-state index contributed by atoms with van der Waals surface area (Å²) in [5.74, 6) is 0. The summed E-state index contributed by atoms with van der Waals surface area (Å²) in [6, 6.07) is 0. The highest BCUT2D eigenvalue weighted by atomic mass is 16.7. The van der Waals surface area contributed by atoms with Crippen LogP contribution in [0.2, 0.25) is 0 Å². The Morgan fingerprint density at radius 3 is 2.13 bits per heavy atom. The SMILES string of the molecule is CCCOC(CCCCC=O)OCCC. The van der Waals surface area contributed by atoms with Gasteiger partial charge in [-0.15, -0.1) is 0 Å². The van der Waals surface area contributed by atoms with Crippen molar-refractivity contribution >= 4 is 6.29 Å². The monoisotopic (exact) mass is 216 g/mol. The molecule has 3 nitrogen and oxygen atoms in total.